The number of carbonyl (C=O) groups excluding carboxylic acids is 1. The van der Waals surface area contributed by atoms with Crippen LogP contribution in [0, 0.1) is 10.1 Å². The molecule has 4 N–H and O–H groups in total. The number of carbonyl (C=O) groups is 1. The van der Waals surface area contributed by atoms with Crippen molar-refractivity contribution < 1.29 is 9.72 Å². The summed E-state index contributed by atoms with van der Waals surface area (Å²) in [5, 5.41) is 13.7. The summed E-state index contributed by atoms with van der Waals surface area (Å²) in [6, 6.07) is 4.42. The van der Waals surface area contributed by atoms with Gasteiger partial charge < -0.3 is 10.7 Å². The average Bonchev–Trinajstić information content (AvgIpc) is 2.45. The van der Waals surface area contributed by atoms with E-state index in [4.69, 9.17) is 5.84 Å². The molecule has 0 spiro atoms. The van der Waals surface area contributed by atoms with Gasteiger partial charge in [0.15, 0.2) is 0 Å². The Balaban J connectivity index is 2.75. The van der Waals surface area contributed by atoms with Gasteiger partial charge in [-0.05, 0) is 18.6 Å². The highest BCUT2D eigenvalue weighted by molar-refractivity contribution is 6.00. The molecule has 0 fully saturated rings. The number of unbranched alkanes of at least 4 members (excludes halogenated alkanes) is 3. The van der Waals surface area contributed by atoms with Crippen LogP contribution in [0.5, 0.6) is 0 Å². The molecule has 1 rings (SSSR count). The fraction of sp³-hybridized carbons (Fsp3) is 0.462. The van der Waals surface area contributed by atoms with Crippen molar-refractivity contribution in [3.8, 4) is 0 Å². The molecule has 0 aromatic heterocycles. The number of rotatable bonds is 8. The summed E-state index contributed by atoms with van der Waals surface area (Å²) in [5.74, 6) is 4.77. The van der Waals surface area contributed by atoms with E-state index in [0.29, 0.717) is 6.54 Å². The van der Waals surface area contributed by atoms with Gasteiger partial charge in [-0.1, -0.05) is 32.3 Å². The molecular weight excluding hydrogens is 260 g/mol. The lowest BCUT2D eigenvalue weighted by Gasteiger charge is -2.08. The van der Waals surface area contributed by atoms with Gasteiger partial charge in [0.05, 0.1) is 4.92 Å². The summed E-state index contributed by atoms with van der Waals surface area (Å²) in [6.45, 7) is 2.61. The number of hydrazine groups is 1. The predicted molar refractivity (Wildman–Crippen MR) is 77.4 cm³/mol. The second-order valence-electron chi connectivity index (χ2n) is 4.42. The van der Waals surface area contributed by atoms with Crippen LogP contribution in [0.4, 0.5) is 11.4 Å². The van der Waals surface area contributed by atoms with Crippen molar-refractivity contribution in [2.45, 2.75) is 32.6 Å². The first-order valence-electron chi connectivity index (χ1n) is 6.64. The number of hydrogen-bond acceptors (Lipinski definition) is 5. The highest BCUT2D eigenvalue weighted by Gasteiger charge is 2.23. The normalized spacial score (nSPS) is 10.1. The lowest BCUT2D eigenvalue weighted by Crippen LogP contribution is -2.25. The number of nitrogens with zero attached hydrogens (tertiary/aromatic N) is 1. The van der Waals surface area contributed by atoms with E-state index in [1.54, 1.807) is 6.07 Å². The van der Waals surface area contributed by atoms with Crippen molar-refractivity contribution in [2.75, 3.05) is 12.0 Å². The summed E-state index contributed by atoms with van der Waals surface area (Å²) in [5.41, 5.74) is 2.06. The van der Waals surface area contributed by atoms with Gasteiger partial charge in [0.1, 0.15) is 11.3 Å². The molecule has 0 radical (unpaired) electrons. The van der Waals surface area contributed by atoms with Crippen LogP contribution in [0.25, 0.3) is 0 Å². The number of para-hydroxylation sites is 1. The quantitative estimate of drug-likeness (QED) is 0.292. The first-order chi connectivity index (χ1) is 9.61. The second kappa shape index (κ2) is 8.11. The summed E-state index contributed by atoms with van der Waals surface area (Å²) in [4.78, 5) is 22.4. The molecule has 0 saturated carbocycles. The molecule has 0 saturated heterocycles. The molecule has 1 aromatic carbocycles. The van der Waals surface area contributed by atoms with Crippen LogP contribution in [0.1, 0.15) is 43.0 Å². The summed E-state index contributed by atoms with van der Waals surface area (Å²) in [7, 11) is 0. The number of nitro groups is 1. The first kappa shape index (κ1) is 15.9. The minimum absolute atomic E-state index is 0.0148. The number of hydrogen-bond donors (Lipinski definition) is 3. The maximum absolute atomic E-state index is 12.0. The Morgan fingerprint density at radius 2 is 2.10 bits per heavy atom. The van der Waals surface area contributed by atoms with Crippen molar-refractivity contribution in [1.29, 1.82) is 0 Å². The molecule has 0 unspecified atom stereocenters. The Labute approximate surface area is 117 Å². The Hall–Kier alpha value is -2.15. The molecule has 110 valence electrons. The maximum Gasteiger partial charge on any atom is 0.306 e. The maximum atomic E-state index is 12.0. The smallest absolute Gasteiger partial charge is 0.306 e. The Morgan fingerprint density at radius 3 is 2.70 bits per heavy atom. The number of nitro benzene ring substituents is 1. The number of nitrogens with one attached hydrogen (secondary N) is 2. The minimum Gasteiger partial charge on any atom is -0.352 e. The van der Waals surface area contributed by atoms with Gasteiger partial charge in [0.25, 0.3) is 5.91 Å². The van der Waals surface area contributed by atoms with E-state index >= 15 is 0 Å². The zero-order valence-electron chi connectivity index (χ0n) is 11.5. The summed E-state index contributed by atoms with van der Waals surface area (Å²) in [6.07, 6.45) is 4.12. The second-order valence-corrected chi connectivity index (χ2v) is 4.42. The van der Waals surface area contributed by atoms with Crippen molar-refractivity contribution in [3.63, 3.8) is 0 Å². The topological polar surface area (TPSA) is 110 Å². The number of amides is 1. The van der Waals surface area contributed by atoms with Gasteiger partial charge in [-0.3, -0.25) is 20.8 Å². The molecule has 1 aromatic rings. The van der Waals surface area contributed by atoms with E-state index in [1.165, 1.54) is 12.1 Å². The van der Waals surface area contributed by atoms with Gasteiger partial charge >= 0.3 is 5.69 Å². The highest BCUT2D eigenvalue weighted by atomic mass is 16.6. The molecule has 7 heteroatoms. The van der Waals surface area contributed by atoms with E-state index in [9.17, 15) is 14.9 Å². The first-order valence-corrected chi connectivity index (χ1v) is 6.64. The van der Waals surface area contributed by atoms with E-state index in [2.05, 4.69) is 17.7 Å². The number of nitrogens with two attached hydrogens (primary N) is 1. The standard InChI is InChI=1S/C13H20N4O3/c1-2-3-4-5-9-15-13(18)10-7-6-8-11(16-14)12(10)17(19)20/h6-8,16H,2-5,9,14H2,1H3,(H,15,18). The van der Waals surface area contributed by atoms with E-state index in [0.717, 1.165) is 25.7 Å². The van der Waals surface area contributed by atoms with Crippen molar-refractivity contribution in [3.05, 3.63) is 33.9 Å². The van der Waals surface area contributed by atoms with Gasteiger partial charge in [-0.2, -0.15) is 0 Å². The monoisotopic (exact) mass is 280 g/mol. The minimum atomic E-state index is -0.610. The van der Waals surface area contributed by atoms with Crippen molar-refractivity contribution in [2.24, 2.45) is 5.84 Å². The molecule has 20 heavy (non-hydrogen) atoms. The fourth-order valence-electron chi connectivity index (χ4n) is 1.89. The Morgan fingerprint density at radius 1 is 1.35 bits per heavy atom. The fourth-order valence-corrected chi connectivity index (χ4v) is 1.89. The van der Waals surface area contributed by atoms with Crippen LogP contribution in [0.15, 0.2) is 18.2 Å². The van der Waals surface area contributed by atoms with Crippen LogP contribution in [0.2, 0.25) is 0 Å². The van der Waals surface area contributed by atoms with E-state index in [1.807, 2.05) is 0 Å². The van der Waals surface area contributed by atoms with Gasteiger partial charge in [0, 0.05) is 6.54 Å². The van der Waals surface area contributed by atoms with Crippen LogP contribution < -0.4 is 16.6 Å². The SMILES string of the molecule is CCCCCCNC(=O)c1cccc(NN)c1[N+](=O)[O-]. The zero-order chi connectivity index (χ0) is 15.0. The highest BCUT2D eigenvalue weighted by Crippen LogP contribution is 2.27. The largest absolute Gasteiger partial charge is 0.352 e. The molecule has 7 nitrogen and oxygen atoms in total. The van der Waals surface area contributed by atoms with Crippen LogP contribution in [0.3, 0.4) is 0 Å². The molecule has 1 amide bonds. The van der Waals surface area contributed by atoms with Crippen molar-refractivity contribution >= 4 is 17.3 Å². The predicted octanol–water partition coefficient (Wildman–Crippen LogP) is 2.19. The molecule has 0 aliphatic carbocycles. The number of anilines is 1. The van der Waals surface area contributed by atoms with E-state index in [-0.39, 0.29) is 16.9 Å². The van der Waals surface area contributed by atoms with Crippen molar-refractivity contribution in [1.82, 2.24) is 5.32 Å². The Kier molecular flexibility index (Phi) is 6.45. The van der Waals surface area contributed by atoms with Gasteiger partial charge in [0.2, 0.25) is 0 Å². The molecule has 0 aliphatic rings. The molecule has 0 aliphatic heterocycles. The number of benzene rings is 1. The summed E-state index contributed by atoms with van der Waals surface area (Å²) >= 11 is 0. The Bertz CT molecular complexity index is 477. The van der Waals surface area contributed by atoms with Gasteiger partial charge in [-0.25, -0.2) is 0 Å². The molecule has 0 heterocycles. The average molecular weight is 280 g/mol. The summed E-state index contributed by atoms with van der Waals surface area (Å²) < 4.78 is 0. The third-order valence-corrected chi connectivity index (χ3v) is 2.93. The molecule has 0 atom stereocenters. The number of nitrogen functional groups attached to an aromatic ring is 1. The lowest BCUT2D eigenvalue weighted by atomic mass is 10.1. The zero-order valence-corrected chi connectivity index (χ0v) is 11.5. The van der Waals surface area contributed by atoms with Crippen LogP contribution in [-0.2, 0) is 0 Å². The van der Waals surface area contributed by atoms with E-state index < -0.39 is 10.8 Å². The van der Waals surface area contributed by atoms with Crippen LogP contribution in [-0.4, -0.2) is 17.4 Å². The third kappa shape index (κ3) is 4.20. The molecular formula is C13H20N4O3. The molecule has 0 bridgehead atoms. The third-order valence-electron chi connectivity index (χ3n) is 2.93. The lowest BCUT2D eigenvalue weighted by molar-refractivity contribution is -0.384. The van der Waals surface area contributed by atoms with Gasteiger partial charge in [-0.15, -0.1) is 0 Å². The van der Waals surface area contributed by atoms with Crippen LogP contribution >= 0.6 is 0 Å².